The van der Waals surface area contributed by atoms with Crippen molar-refractivity contribution >= 4 is 0 Å². The Morgan fingerprint density at radius 1 is 1.20 bits per heavy atom. The molecule has 1 fully saturated rings. The second-order valence-corrected chi connectivity index (χ2v) is 5.52. The first kappa shape index (κ1) is 15.5. The second-order valence-electron chi connectivity index (χ2n) is 5.52. The highest BCUT2D eigenvalue weighted by molar-refractivity contribution is 5.26. The Hall–Kier alpha value is -0.900. The SMILES string of the molecule is CCCNCc1ccccc1COCC1CCOCC1. The molecule has 0 aliphatic carbocycles. The van der Waals surface area contributed by atoms with Gasteiger partial charge in [-0.1, -0.05) is 31.2 Å². The van der Waals surface area contributed by atoms with E-state index in [-0.39, 0.29) is 0 Å². The summed E-state index contributed by atoms with van der Waals surface area (Å²) >= 11 is 0. The lowest BCUT2D eigenvalue weighted by Crippen LogP contribution is -2.20. The molecule has 0 bridgehead atoms. The van der Waals surface area contributed by atoms with Gasteiger partial charge in [0.05, 0.1) is 13.2 Å². The third-order valence-electron chi connectivity index (χ3n) is 3.81. The van der Waals surface area contributed by atoms with E-state index in [0.29, 0.717) is 5.92 Å². The van der Waals surface area contributed by atoms with E-state index in [1.54, 1.807) is 0 Å². The number of ether oxygens (including phenoxy) is 2. The van der Waals surface area contributed by atoms with Crippen molar-refractivity contribution in [2.24, 2.45) is 5.92 Å². The van der Waals surface area contributed by atoms with Crippen LogP contribution in [0, 0.1) is 5.92 Å². The van der Waals surface area contributed by atoms with Gasteiger partial charge in [-0.05, 0) is 42.9 Å². The molecule has 1 aliphatic rings. The van der Waals surface area contributed by atoms with Crippen LogP contribution < -0.4 is 5.32 Å². The van der Waals surface area contributed by atoms with Gasteiger partial charge in [0.15, 0.2) is 0 Å². The molecule has 0 spiro atoms. The molecule has 1 aromatic rings. The molecule has 3 nitrogen and oxygen atoms in total. The topological polar surface area (TPSA) is 30.5 Å². The highest BCUT2D eigenvalue weighted by Gasteiger charge is 2.13. The lowest BCUT2D eigenvalue weighted by Gasteiger charge is -2.22. The van der Waals surface area contributed by atoms with E-state index in [1.165, 1.54) is 17.5 Å². The van der Waals surface area contributed by atoms with E-state index >= 15 is 0 Å². The highest BCUT2D eigenvalue weighted by Crippen LogP contribution is 2.16. The van der Waals surface area contributed by atoms with Crippen LogP contribution in [0.3, 0.4) is 0 Å². The maximum atomic E-state index is 5.92. The first-order chi connectivity index (χ1) is 9.90. The van der Waals surface area contributed by atoms with Crippen LogP contribution in [-0.4, -0.2) is 26.4 Å². The minimum atomic E-state index is 0.675. The zero-order chi connectivity index (χ0) is 14.0. The first-order valence-corrected chi connectivity index (χ1v) is 7.83. The van der Waals surface area contributed by atoms with Crippen molar-refractivity contribution < 1.29 is 9.47 Å². The van der Waals surface area contributed by atoms with Crippen molar-refractivity contribution in [1.29, 1.82) is 0 Å². The van der Waals surface area contributed by atoms with Gasteiger partial charge in [-0.15, -0.1) is 0 Å². The minimum Gasteiger partial charge on any atom is -0.381 e. The zero-order valence-corrected chi connectivity index (χ0v) is 12.6. The van der Waals surface area contributed by atoms with Crippen LogP contribution in [0.4, 0.5) is 0 Å². The number of benzene rings is 1. The van der Waals surface area contributed by atoms with Gasteiger partial charge >= 0.3 is 0 Å². The van der Waals surface area contributed by atoms with Gasteiger partial charge in [0.1, 0.15) is 0 Å². The van der Waals surface area contributed by atoms with Crippen LogP contribution in [-0.2, 0) is 22.6 Å². The molecule has 1 N–H and O–H groups in total. The molecule has 2 rings (SSSR count). The van der Waals surface area contributed by atoms with Crippen LogP contribution in [0.5, 0.6) is 0 Å². The Labute approximate surface area is 122 Å². The Bertz CT molecular complexity index is 375. The molecular formula is C17H27NO2. The smallest absolute Gasteiger partial charge is 0.0720 e. The maximum absolute atomic E-state index is 5.92. The number of rotatable bonds is 8. The number of hydrogen-bond donors (Lipinski definition) is 1. The third kappa shape index (κ3) is 5.23. The van der Waals surface area contributed by atoms with Gasteiger partial charge in [0.25, 0.3) is 0 Å². The molecule has 1 heterocycles. The zero-order valence-electron chi connectivity index (χ0n) is 12.6. The highest BCUT2D eigenvalue weighted by atomic mass is 16.5. The predicted molar refractivity (Wildman–Crippen MR) is 81.6 cm³/mol. The molecule has 1 saturated heterocycles. The van der Waals surface area contributed by atoms with E-state index in [1.807, 2.05) is 0 Å². The molecule has 112 valence electrons. The largest absolute Gasteiger partial charge is 0.381 e. The summed E-state index contributed by atoms with van der Waals surface area (Å²) in [5.74, 6) is 0.675. The quantitative estimate of drug-likeness (QED) is 0.741. The fraction of sp³-hybridized carbons (Fsp3) is 0.647. The summed E-state index contributed by atoms with van der Waals surface area (Å²) in [5, 5.41) is 3.46. The fourth-order valence-corrected chi connectivity index (χ4v) is 2.52. The molecule has 0 aromatic heterocycles. The van der Waals surface area contributed by atoms with Crippen molar-refractivity contribution in [2.75, 3.05) is 26.4 Å². The molecule has 0 radical (unpaired) electrons. The summed E-state index contributed by atoms with van der Waals surface area (Å²) in [6.07, 6.45) is 3.45. The molecule has 0 amide bonds. The standard InChI is InChI=1S/C17H27NO2/c1-2-9-18-12-16-5-3-4-6-17(16)14-20-13-15-7-10-19-11-8-15/h3-6,15,18H,2,7-14H2,1H3. The van der Waals surface area contributed by atoms with E-state index in [9.17, 15) is 0 Å². The number of hydrogen-bond acceptors (Lipinski definition) is 3. The Morgan fingerprint density at radius 3 is 2.70 bits per heavy atom. The molecule has 0 atom stereocenters. The average molecular weight is 277 g/mol. The Morgan fingerprint density at radius 2 is 1.95 bits per heavy atom. The Kier molecular flexibility index (Phi) is 7.06. The van der Waals surface area contributed by atoms with Crippen LogP contribution in [0.25, 0.3) is 0 Å². The fourth-order valence-electron chi connectivity index (χ4n) is 2.52. The van der Waals surface area contributed by atoms with E-state index in [4.69, 9.17) is 9.47 Å². The first-order valence-electron chi connectivity index (χ1n) is 7.83. The average Bonchev–Trinajstić information content (AvgIpc) is 2.50. The van der Waals surface area contributed by atoms with Crippen LogP contribution >= 0.6 is 0 Å². The lowest BCUT2D eigenvalue weighted by molar-refractivity contribution is 0.0156. The molecule has 1 aromatic carbocycles. The molecular weight excluding hydrogens is 250 g/mol. The van der Waals surface area contributed by atoms with Crippen LogP contribution in [0.15, 0.2) is 24.3 Å². The normalized spacial score (nSPS) is 16.4. The van der Waals surface area contributed by atoms with Gasteiger partial charge in [-0.2, -0.15) is 0 Å². The summed E-state index contributed by atoms with van der Waals surface area (Å²) in [6.45, 7) is 7.57. The maximum Gasteiger partial charge on any atom is 0.0720 e. The summed E-state index contributed by atoms with van der Waals surface area (Å²) < 4.78 is 11.3. The molecule has 1 aliphatic heterocycles. The van der Waals surface area contributed by atoms with Gasteiger partial charge in [-0.25, -0.2) is 0 Å². The summed E-state index contributed by atoms with van der Waals surface area (Å²) in [4.78, 5) is 0. The Balaban J connectivity index is 1.76. The van der Waals surface area contributed by atoms with Crippen molar-refractivity contribution in [2.45, 2.75) is 39.3 Å². The minimum absolute atomic E-state index is 0.675. The van der Waals surface area contributed by atoms with Crippen molar-refractivity contribution in [3.05, 3.63) is 35.4 Å². The molecule has 20 heavy (non-hydrogen) atoms. The molecule has 3 heteroatoms. The summed E-state index contributed by atoms with van der Waals surface area (Å²) in [7, 11) is 0. The van der Waals surface area contributed by atoms with Gasteiger partial charge in [0.2, 0.25) is 0 Å². The number of nitrogens with one attached hydrogen (secondary N) is 1. The van der Waals surface area contributed by atoms with E-state index in [2.05, 4.69) is 36.5 Å². The lowest BCUT2D eigenvalue weighted by atomic mass is 10.0. The second kappa shape index (κ2) is 9.11. The van der Waals surface area contributed by atoms with Crippen molar-refractivity contribution in [1.82, 2.24) is 5.32 Å². The van der Waals surface area contributed by atoms with Gasteiger partial charge in [0, 0.05) is 19.8 Å². The van der Waals surface area contributed by atoms with E-state index in [0.717, 1.165) is 52.4 Å². The third-order valence-corrected chi connectivity index (χ3v) is 3.81. The van der Waals surface area contributed by atoms with Crippen molar-refractivity contribution in [3.8, 4) is 0 Å². The summed E-state index contributed by atoms with van der Waals surface area (Å²) in [6, 6.07) is 8.56. The van der Waals surface area contributed by atoms with Crippen molar-refractivity contribution in [3.63, 3.8) is 0 Å². The van der Waals surface area contributed by atoms with E-state index < -0.39 is 0 Å². The monoisotopic (exact) mass is 277 g/mol. The summed E-state index contributed by atoms with van der Waals surface area (Å²) in [5.41, 5.74) is 2.66. The molecule has 0 saturated carbocycles. The van der Waals surface area contributed by atoms with Crippen LogP contribution in [0.2, 0.25) is 0 Å². The molecule has 0 unspecified atom stereocenters. The van der Waals surface area contributed by atoms with Gasteiger partial charge < -0.3 is 14.8 Å². The predicted octanol–water partition coefficient (Wildman–Crippen LogP) is 3.13. The van der Waals surface area contributed by atoms with Gasteiger partial charge in [-0.3, -0.25) is 0 Å². The van der Waals surface area contributed by atoms with Crippen LogP contribution in [0.1, 0.15) is 37.3 Å².